The zero-order valence-electron chi connectivity index (χ0n) is 19.1. The molecule has 33 heavy (non-hydrogen) atoms. The number of benzene rings is 1. The summed E-state index contributed by atoms with van der Waals surface area (Å²) in [5.74, 6) is -0.329. The SMILES string of the molecule is COC(=O)CCNC(=O)N1Cc2c(sc3c2CCCC3)-n2cccc2[C@@H]1c1cccc(C)c1. The van der Waals surface area contributed by atoms with Crippen molar-refractivity contribution in [2.75, 3.05) is 13.7 Å². The third-order valence-electron chi connectivity index (χ3n) is 6.63. The van der Waals surface area contributed by atoms with Crippen LogP contribution in [0.5, 0.6) is 0 Å². The molecule has 3 heterocycles. The van der Waals surface area contributed by atoms with E-state index < -0.39 is 0 Å². The number of urea groups is 1. The van der Waals surface area contributed by atoms with Crippen LogP contribution in [-0.4, -0.2) is 35.1 Å². The highest BCUT2D eigenvalue weighted by Gasteiger charge is 2.36. The Hall–Kier alpha value is -3.06. The van der Waals surface area contributed by atoms with Crippen LogP contribution in [0.15, 0.2) is 42.6 Å². The maximum absolute atomic E-state index is 13.6. The Morgan fingerprint density at radius 1 is 1.15 bits per heavy atom. The van der Waals surface area contributed by atoms with Crippen LogP contribution in [0.2, 0.25) is 0 Å². The molecule has 1 atom stereocenters. The van der Waals surface area contributed by atoms with Gasteiger partial charge in [0.05, 0.1) is 31.8 Å². The number of aryl methyl sites for hydroxylation is 2. The maximum Gasteiger partial charge on any atom is 0.318 e. The van der Waals surface area contributed by atoms with Crippen molar-refractivity contribution in [3.8, 4) is 5.00 Å². The molecule has 0 unspecified atom stereocenters. The standard InChI is InChI=1S/C26H29N3O3S/c1-17-7-5-8-18(15-17)24-21-10-6-14-28(21)25-20(19-9-3-4-11-22(19)33-25)16-29(24)26(31)27-13-12-23(30)32-2/h5-8,10,14-15,24H,3-4,9,11-13,16H2,1-2H3,(H,27,31)/t24-/m0/s1. The highest BCUT2D eigenvalue weighted by molar-refractivity contribution is 7.15. The topological polar surface area (TPSA) is 63.6 Å². The van der Waals surface area contributed by atoms with E-state index in [4.69, 9.17) is 4.74 Å². The molecule has 2 amide bonds. The van der Waals surface area contributed by atoms with Crippen LogP contribution in [0.4, 0.5) is 4.79 Å². The average molecular weight is 464 g/mol. The van der Waals surface area contributed by atoms with Crippen molar-refractivity contribution in [1.82, 2.24) is 14.8 Å². The number of ether oxygens (including phenoxy) is 1. The van der Waals surface area contributed by atoms with Gasteiger partial charge in [0.2, 0.25) is 0 Å². The third kappa shape index (κ3) is 4.06. The van der Waals surface area contributed by atoms with Crippen molar-refractivity contribution in [1.29, 1.82) is 0 Å². The lowest BCUT2D eigenvalue weighted by Crippen LogP contribution is -2.42. The molecule has 0 radical (unpaired) electrons. The van der Waals surface area contributed by atoms with Gasteiger partial charge in [0, 0.05) is 23.2 Å². The Bertz CT molecular complexity index is 1200. The van der Waals surface area contributed by atoms with Crippen molar-refractivity contribution >= 4 is 23.3 Å². The Morgan fingerprint density at radius 2 is 2.00 bits per heavy atom. The maximum atomic E-state index is 13.6. The number of nitrogens with zero attached hydrogens (tertiary/aromatic N) is 2. The van der Waals surface area contributed by atoms with Gasteiger partial charge in [0.25, 0.3) is 0 Å². The number of hydrogen-bond acceptors (Lipinski definition) is 4. The van der Waals surface area contributed by atoms with E-state index in [1.54, 1.807) is 0 Å². The lowest BCUT2D eigenvalue weighted by Gasteiger charge is -2.31. The lowest BCUT2D eigenvalue weighted by molar-refractivity contribution is -0.140. The lowest BCUT2D eigenvalue weighted by atomic mass is 9.95. The summed E-state index contributed by atoms with van der Waals surface area (Å²) in [5, 5.41) is 4.21. The first-order valence-corrected chi connectivity index (χ1v) is 12.4. The Balaban J connectivity index is 1.59. The Labute approximate surface area is 198 Å². The van der Waals surface area contributed by atoms with E-state index >= 15 is 0 Å². The van der Waals surface area contributed by atoms with Crippen LogP contribution >= 0.6 is 11.3 Å². The van der Waals surface area contributed by atoms with Gasteiger partial charge in [-0.15, -0.1) is 11.3 Å². The van der Waals surface area contributed by atoms with Gasteiger partial charge in [-0.25, -0.2) is 4.79 Å². The van der Waals surface area contributed by atoms with Gasteiger partial charge in [0.15, 0.2) is 0 Å². The smallest absolute Gasteiger partial charge is 0.318 e. The molecule has 2 aliphatic rings. The molecule has 2 aromatic heterocycles. The fourth-order valence-electron chi connectivity index (χ4n) is 5.05. The molecular weight excluding hydrogens is 434 g/mol. The summed E-state index contributed by atoms with van der Waals surface area (Å²) in [5.41, 5.74) is 6.03. The van der Waals surface area contributed by atoms with Gasteiger partial charge in [-0.2, -0.15) is 0 Å². The molecule has 5 rings (SSSR count). The summed E-state index contributed by atoms with van der Waals surface area (Å²) in [7, 11) is 1.36. The Morgan fingerprint density at radius 3 is 2.82 bits per heavy atom. The molecular formula is C26H29N3O3S. The number of fused-ring (bicyclic) bond motifs is 5. The van der Waals surface area contributed by atoms with E-state index in [2.05, 4.69) is 53.3 Å². The van der Waals surface area contributed by atoms with E-state index in [9.17, 15) is 9.59 Å². The minimum Gasteiger partial charge on any atom is -0.469 e. The molecule has 1 aliphatic heterocycles. The number of nitrogens with one attached hydrogen (secondary N) is 1. The number of carbonyl (C=O) groups excluding carboxylic acids is 2. The third-order valence-corrected chi connectivity index (χ3v) is 7.96. The van der Waals surface area contributed by atoms with Gasteiger partial charge >= 0.3 is 12.0 Å². The number of amides is 2. The number of rotatable bonds is 4. The second kappa shape index (κ2) is 9.06. The van der Waals surface area contributed by atoms with Gasteiger partial charge in [-0.3, -0.25) is 4.79 Å². The highest BCUT2D eigenvalue weighted by Crippen LogP contribution is 2.44. The molecule has 0 spiro atoms. The first kappa shape index (κ1) is 21.8. The molecule has 6 nitrogen and oxygen atoms in total. The first-order valence-electron chi connectivity index (χ1n) is 11.6. The molecule has 0 saturated heterocycles. The number of carbonyl (C=O) groups is 2. The summed E-state index contributed by atoms with van der Waals surface area (Å²) >= 11 is 1.88. The summed E-state index contributed by atoms with van der Waals surface area (Å²) in [6.07, 6.45) is 6.90. The number of hydrogen-bond donors (Lipinski definition) is 1. The van der Waals surface area contributed by atoms with Crippen LogP contribution in [0, 0.1) is 6.92 Å². The van der Waals surface area contributed by atoms with Crippen LogP contribution in [0.3, 0.4) is 0 Å². The minimum atomic E-state index is -0.329. The summed E-state index contributed by atoms with van der Waals surface area (Å²) < 4.78 is 7.01. The van der Waals surface area contributed by atoms with Crippen molar-refractivity contribution in [3.63, 3.8) is 0 Å². The van der Waals surface area contributed by atoms with Crippen LogP contribution in [0.25, 0.3) is 5.00 Å². The van der Waals surface area contributed by atoms with Gasteiger partial charge in [-0.05, 0) is 55.9 Å². The largest absolute Gasteiger partial charge is 0.469 e. The monoisotopic (exact) mass is 463 g/mol. The molecule has 1 aromatic carbocycles. The number of methoxy groups -OCH3 is 1. The fourth-order valence-corrected chi connectivity index (χ4v) is 6.46. The van der Waals surface area contributed by atoms with E-state index in [-0.39, 0.29) is 31.0 Å². The normalized spacial score (nSPS) is 16.9. The molecule has 0 saturated carbocycles. The molecule has 7 heteroatoms. The van der Waals surface area contributed by atoms with Crippen molar-refractivity contribution < 1.29 is 14.3 Å². The van der Waals surface area contributed by atoms with Crippen LogP contribution in [0.1, 0.15) is 58.1 Å². The molecule has 0 fully saturated rings. The first-order chi connectivity index (χ1) is 16.1. The van der Waals surface area contributed by atoms with Crippen molar-refractivity contribution in [3.05, 3.63) is 75.4 Å². The van der Waals surface area contributed by atoms with E-state index in [0.717, 1.165) is 29.7 Å². The second-order valence-corrected chi connectivity index (χ2v) is 9.88. The molecule has 0 bridgehead atoms. The summed E-state index contributed by atoms with van der Waals surface area (Å²) in [6.45, 7) is 2.87. The fraction of sp³-hybridized carbons (Fsp3) is 0.385. The minimum absolute atomic E-state index is 0.153. The zero-order chi connectivity index (χ0) is 22.9. The second-order valence-electron chi connectivity index (χ2n) is 8.80. The van der Waals surface area contributed by atoms with Crippen molar-refractivity contribution in [2.45, 2.75) is 51.6 Å². The molecule has 172 valence electrons. The van der Waals surface area contributed by atoms with Crippen LogP contribution in [-0.2, 0) is 28.9 Å². The van der Waals surface area contributed by atoms with E-state index in [0.29, 0.717) is 6.54 Å². The zero-order valence-corrected chi connectivity index (χ0v) is 19.9. The number of esters is 1. The predicted octanol–water partition coefficient (Wildman–Crippen LogP) is 4.90. The molecule has 1 aliphatic carbocycles. The molecule has 1 N–H and O–H groups in total. The predicted molar refractivity (Wildman–Crippen MR) is 129 cm³/mol. The number of aromatic nitrogens is 1. The average Bonchev–Trinajstić information content (AvgIpc) is 3.40. The summed E-state index contributed by atoms with van der Waals surface area (Å²) in [4.78, 5) is 28.6. The van der Waals surface area contributed by atoms with Gasteiger partial charge < -0.3 is 19.5 Å². The van der Waals surface area contributed by atoms with E-state index in [1.807, 2.05) is 22.3 Å². The van der Waals surface area contributed by atoms with Crippen molar-refractivity contribution in [2.24, 2.45) is 0 Å². The van der Waals surface area contributed by atoms with Gasteiger partial charge in [-0.1, -0.05) is 29.8 Å². The number of thiophene rings is 1. The van der Waals surface area contributed by atoms with Crippen LogP contribution < -0.4 is 5.32 Å². The Kier molecular flexibility index (Phi) is 5.98. The highest BCUT2D eigenvalue weighted by atomic mass is 32.1. The van der Waals surface area contributed by atoms with Gasteiger partial charge in [0.1, 0.15) is 5.00 Å². The summed E-state index contributed by atoms with van der Waals surface area (Å²) in [6, 6.07) is 12.2. The molecule has 3 aromatic rings. The quantitative estimate of drug-likeness (QED) is 0.560. The van der Waals surface area contributed by atoms with E-state index in [1.165, 1.54) is 41.0 Å².